The molecule has 0 aliphatic carbocycles. The van der Waals surface area contributed by atoms with Crippen molar-refractivity contribution >= 4 is 34.2 Å². The molecule has 20 heavy (non-hydrogen) atoms. The van der Waals surface area contributed by atoms with Crippen LogP contribution in [0.5, 0.6) is 0 Å². The molecule has 2 heterocycles. The van der Waals surface area contributed by atoms with Gasteiger partial charge >= 0.3 is 5.97 Å². The predicted octanol–water partition coefficient (Wildman–Crippen LogP) is 3.36. The molecule has 0 saturated heterocycles. The summed E-state index contributed by atoms with van der Waals surface area (Å²) in [5.41, 5.74) is 4.25. The van der Waals surface area contributed by atoms with Crippen molar-refractivity contribution in [2.45, 2.75) is 20.3 Å². The summed E-state index contributed by atoms with van der Waals surface area (Å²) in [4.78, 5) is 19.8. The first-order valence-electron chi connectivity index (χ1n) is 6.65. The Morgan fingerprint density at radius 1 is 1.50 bits per heavy atom. The fourth-order valence-corrected chi connectivity index (χ4v) is 2.89. The summed E-state index contributed by atoms with van der Waals surface area (Å²) in [5.74, 6) is -0.333. The van der Waals surface area contributed by atoms with Gasteiger partial charge in [0.25, 0.3) is 0 Å². The Morgan fingerprint density at radius 3 is 3.05 bits per heavy atom. The smallest absolute Gasteiger partial charge is 0.355 e. The number of aliphatic imine (C=N–C) groups is 1. The lowest BCUT2D eigenvalue weighted by molar-refractivity contribution is 0.0519. The van der Waals surface area contributed by atoms with Crippen LogP contribution in [-0.2, 0) is 11.2 Å². The van der Waals surface area contributed by atoms with Gasteiger partial charge in [-0.2, -0.15) is 0 Å². The van der Waals surface area contributed by atoms with E-state index >= 15 is 0 Å². The van der Waals surface area contributed by atoms with Crippen LogP contribution in [0.25, 0.3) is 10.9 Å². The quantitative estimate of drug-likeness (QED) is 0.862. The zero-order valence-corrected chi connectivity index (χ0v) is 12.2. The van der Waals surface area contributed by atoms with Gasteiger partial charge in [-0.3, -0.25) is 4.99 Å². The largest absolute Gasteiger partial charge is 0.461 e. The maximum Gasteiger partial charge on any atom is 0.355 e. The lowest BCUT2D eigenvalue weighted by Gasteiger charge is -2.03. The zero-order valence-electron chi connectivity index (χ0n) is 11.4. The van der Waals surface area contributed by atoms with Gasteiger partial charge in [-0.05, 0) is 31.9 Å². The number of aromatic amines is 1. The van der Waals surface area contributed by atoms with Crippen molar-refractivity contribution in [3.63, 3.8) is 0 Å². The summed E-state index contributed by atoms with van der Waals surface area (Å²) in [6.07, 6.45) is 0.707. The molecule has 3 rings (SSSR count). The molecule has 0 radical (unpaired) electrons. The number of nitrogens with one attached hydrogen (secondary N) is 1. The second-order valence-corrected chi connectivity index (χ2v) is 5.17. The number of carbonyl (C=O) groups excluding carboxylic acids is 1. The Hall–Kier alpha value is -1.81. The first-order valence-corrected chi connectivity index (χ1v) is 7.03. The monoisotopic (exact) mass is 290 g/mol. The molecular weight excluding hydrogens is 276 g/mol. The summed E-state index contributed by atoms with van der Waals surface area (Å²) in [7, 11) is 0. The van der Waals surface area contributed by atoms with Crippen LogP contribution >= 0.6 is 11.6 Å². The molecule has 0 unspecified atom stereocenters. The third-order valence-electron chi connectivity index (χ3n) is 3.59. The molecule has 1 N–H and O–H groups in total. The number of rotatable bonds is 2. The lowest BCUT2D eigenvalue weighted by Crippen LogP contribution is -2.08. The minimum Gasteiger partial charge on any atom is -0.461 e. The van der Waals surface area contributed by atoms with Gasteiger partial charge in [-0.15, -0.1) is 0 Å². The number of halogens is 1. The first kappa shape index (κ1) is 13.2. The van der Waals surface area contributed by atoms with Gasteiger partial charge in [-0.1, -0.05) is 17.7 Å². The highest BCUT2D eigenvalue weighted by atomic mass is 35.5. The average molecular weight is 291 g/mol. The molecule has 1 aliphatic rings. The van der Waals surface area contributed by atoms with Gasteiger partial charge in [0.05, 0.1) is 17.1 Å². The van der Waals surface area contributed by atoms with Crippen LogP contribution in [0.1, 0.15) is 35.5 Å². The number of hydrogen-bond donors (Lipinski definition) is 1. The molecule has 104 valence electrons. The van der Waals surface area contributed by atoms with E-state index in [9.17, 15) is 4.79 Å². The number of aromatic nitrogens is 1. The number of benzene rings is 1. The number of hydrogen-bond acceptors (Lipinski definition) is 3. The molecule has 0 amide bonds. The van der Waals surface area contributed by atoms with E-state index in [2.05, 4.69) is 9.98 Å². The van der Waals surface area contributed by atoms with Gasteiger partial charge in [0, 0.05) is 23.2 Å². The molecule has 0 bridgehead atoms. The second-order valence-electron chi connectivity index (χ2n) is 4.76. The third-order valence-corrected chi connectivity index (χ3v) is 3.90. The molecular formula is C15H15ClN2O2. The number of H-pyrrole nitrogens is 1. The Morgan fingerprint density at radius 2 is 2.30 bits per heavy atom. The summed E-state index contributed by atoms with van der Waals surface area (Å²) in [6.45, 7) is 4.79. The average Bonchev–Trinajstić information content (AvgIpc) is 2.72. The van der Waals surface area contributed by atoms with Crippen molar-refractivity contribution in [3.8, 4) is 0 Å². The van der Waals surface area contributed by atoms with Crippen LogP contribution in [-0.4, -0.2) is 29.8 Å². The van der Waals surface area contributed by atoms with Crippen molar-refractivity contribution in [2.24, 2.45) is 4.99 Å². The minimum atomic E-state index is -0.333. The normalized spacial score (nSPS) is 14.1. The van der Waals surface area contributed by atoms with Crippen LogP contribution in [0.2, 0.25) is 5.02 Å². The van der Waals surface area contributed by atoms with Crippen molar-refractivity contribution < 1.29 is 9.53 Å². The highest BCUT2D eigenvalue weighted by Gasteiger charge is 2.24. The highest BCUT2D eigenvalue weighted by Crippen LogP contribution is 2.33. The first-order chi connectivity index (χ1) is 9.63. The Bertz CT molecular complexity index is 731. The summed E-state index contributed by atoms with van der Waals surface area (Å²) < 4.78 is 5.12. The highest BCUT2D eigenvalue weighted by molar-refractivity contribution is 6.36. The zero-order chi connectivity index (χ0) is 14.3. The van der Waals surface area contributed by atoms with Gasteiger partial charge in [0.2, 0.25) is 0 Å². The van der Waals surface area contributed by atoms with Gasteiger partial charge in [0.15, 0.2) is 0 Å². The van der Waals surface area contributed by atoms with E-state index in [1.54, 1.807) is 6.92 Å². The molecule has 2 aromatic rings. The van der Waals surface area contributed by atoms with Crippen molar-refractivity contribution in [1.29, 1.82) is 0 Å². The molecule has 0 atom stereocenters. The van der Waals surface area contributed by atoms with E-state index in [4.69, 9.17) is 16.3 Å². The molecule has 1 aromatic carbocycles. The Kier molecular flexibility index (Phi) is 3.26. The Labute approximate surface area is 121 Å². The molecule has 0 spiro atoms. The van der Waals surface area contributed by atoms with Crippen molar-refractivity contribution in [3.05, 3.63) is 34.0 Å². The van der Waals surface area contributed by atoms with Crippen LogP contribution < -0.4 is 0 Å². The predicted molar refractivity (Wildman–Crippen MR) is 80.0 cm³/mol. The number of ether oxygens (including phenoxy) is 1. The molecule has 1 aromatic heterocycles. The molecule has 0 saturated carbocycles. The van der Waals surface area contributed by atoms with Crippen molar-refractivity contribution in [1.82, 2.24) is 4.98 Å². The van der Waals surface area contributed by atoms with E-state index in [1.807, 2.05) is 19.1 Å². The van der Waals surface area contributed by atoms with Gasteiger partial charge in [-0.25, -0.2) is 4.79 Å². The Balaban J connectivity index is 2.32. The SMILES string of the molecule is CCOC(=O)c1[nH]c2c(Cl)ccc3c2c1CCN=C3C. The van der Waals surface area contributed by atoms with Gasteiger partial charge in [0.1, 0.15) is 5.69 Å². The fraction of sp³-hybridized carbons (Fsp3) is 0.333. The summed E-state index contributed by atoms with van der Waals surface area (Å²) in [6, 6.07) is 3.79. The molecule has 0 fully saturated rings. The van der Waals surface area contributed by atoms with Gasteiger partial charge < -0.3 is 9.72 Å². The maximum atomic E-state index is 12.1. The third kappa shape index (κ3) is 1.91. The maximum absolute atomic E-state index is 12.1. The molecule has 4 nitrogen and oxygen atoms in total. The van der Waals surface area contributed by atoms with Crippen LogP contribution in [0.15, 0.2) is 17.1 Å². The number of nitrogens with zero attached hydrogens (tertiary/aromatic N) is 1. The van der Waals surface area contributed by atoms with Crippen LogP contribution in [0.4, 0.5) is 0 Å². The molecule has 5 heteroatoms. The van der Waals surface area contributed by atoms with E-state index in [0.717, 1.165) is 27.7 Å². The van der Waals surface area contributed by atoms with Crippen LogP contribution in [0.3, 0.4) is 0 Å². The van der Waals surface area contributed by atoms with E-state index in [1.165, 1.54) is 0 Å². The fourth-order valence-electron chi connectivity index (χ4n) is 2.69. The van der Waals surface area contributed by atoms with Crippen molar-refractivity contribution in [2.75, 3.05) is 13.2 Å². The van der Waals surface area contributed by atoms with Crippen LogP contribution in [0, 0.1) is 0 Å². The van der Waals surface area contributed by atoms with E-state index in [0.29, 0.717) is 30.3 Å². The summed E-state index contributed by atoms with van der Waals surface area (Å²) >= 11 is 6.25. The topological polar surface area (TPSA) is 54.5 Å². The molecule has 1 aliphatic heterocycles. The number of carbonyl (C=O) groups is 1. The lowest BCUT2D eigenvalue weighted by atomic mass is 10.0. The number of esters is 1. The second kappa shape index (κ2) is 4.94. The summed E-state index contributed by atoms with van der Waals surface area (Å²) in [5, 5.41) is 1.61. The van der Waals surface area contributed by atoms with E-state index < -0.39 is 0 Å². The standard InChI is InChI=1S/C15H15ClN2O2/c1-3-20-15(19)13-10-6-7-17-8(2)9-4-5-11(16)14(18-13)12(9)10/h4-5,18H,3,6-7H2,1-2H3. The van der Waals surface area contributed by atoms with E-state index in [-0.39, 0.29) is 5.97 Å². The minimum absolute atomic E-state index is 0.333.